The van der Waals surface area contributed by atoms with Gasteiger partial charge in [0.05, 0.1) is 0 Å². The zero-order valence-electron chi connectivity index (χ0n) is 0.408. The van der Waals surface area contributed by atoms with Crippen LogP contribution in [0, 0.1) is 0 Å². The maximum atomic E-state index is 0. The Balaban J connectivity index is 0. The first kappa shape index (κ1) is 43.7. The summed E-state index contributed by atoms with van der Waals surface area (Å²) in [5, 5.41) is 0. The van der Waals surface area contributed by atoms with Crippen LogP contribution in [-0.2, 0) is 0 Å². The second-order valence-corrected chi connectivity index (χ2v) is 0. The Hall–Kier alpha value is 1.70. The number of rotatable bonds is 0. The van der Waals surface area contributed by atoms with E-state index in [1.165, 1.54) is 0 Å². The molecule has 0 amide bonds. The summed E-state index contributed by atoms with van der Waals surface area (Å²) in [5.74, 6) is 0. The molecule has 16 valence electrons. The number of hydrogen-bond acceptors (Lipinski definition) is 0. The Morgan fingerprint density at radius 2 is 1.00 bits per heavy atom. The second kappa shape index (κ2) is 22.3. The molecule has 0 aromatic heterocycles. The first-order valence-corrected chi connectivity index (χ1v) is 0. The summed E-state index contributed by atoms with van der Waals surface area (Å²) in [7, 11) is 0. The van der Waals surface area contributed by atoms with Gasteiger partial charge in [-0.15, -0.1) is 0 Å². The van der Waals surface area contributed by atoms with Crippen molar-refractivity contribution in [2.24, 2.45) is 0 Å². The van der Waals surface area contributed by atoms with Gasteiger partial charge in [0.15, 0.2) is 0 Å². The van der Waals surface area contributed by atoms with E-state index >= 15 is 0 Å². The second-order valence-electron chi connectivity index (χ2n) is 0. The summed E-state index contributed by atoms with van der Waals surface area (Å²) in [5.41, 5.74) is 0. The van der Waals surface area contributed by atoms with Crippen molar-refractivity contribution in [3.05, 3.63) is 0 Å². The Bertz CT molecular complexity index is 8.00. The van der Waals surface area contributed by atoms with Gasteiger partial charge in [0.25, 0.3) is 0 Å². The fourth-order valence-corrected chi connectivity index (χ4v) is 0. The van der Waals surface area contributed by atoms with E-state index in [4.69, 9.17) is 0 Å². The van der Waals surface area contributed by atoms with Crippen molar-refractivity contribution < 1.29 is 4.70 Å². The van der Waals surface area contributed by atoms with Crippen LogP contribution in [-0.4, -0.2) is 58.5 Å². The molecule has 4 heavy (non-hydrogen) atoms. The molecular weight excluding hydrogens is 57.9 g/mol. The average molecular weight is 63.0 g/mol. The van der Waals surface area contributed by atoms with Crippen LogP contribution < -0.4 is 0 Å². The van der Waals surface area contributed by atoms with Crippen molar-refractivity contribution in [3.63, 3.8) is 0 Å². The van der Waals surface area contributed by atoms with Crippen molar-refractivity contribution in [3.8, 4) is 0 Å². The van der Waals surface area contributed by atoms with Crippen molar-refractivity contribution >= 4 is 58.5 Å². The van der Waals surface area contributed by atoms with Crippen molar-refractivity contribution in [2.45, 2.75) is 0 Å². The minimum atomic E-state index is 0. The van der Waals surface area contributed by atoms with Crippen LogP contribution in [0.3, 0.4) is 0 Å². The molecular formula is H5BeFLiNa. The summed E-state index contributed by atoms with van der Waals surface area (Å²) in [4.78, 5) is 0. The predicted molar refractivity (Wildman–Crippen MR) is 25.3 cm³/mol. The predicted octanol–water partition coefficient (Wildman–Crippen LogP) is -2.06. The van der Waals surface area contributed by atoms with E-state index in [-0.39, 0.29) is 63.2 Å². The van der Waals surface area contributed by atoms with Crippen LogP contribution in [0.2, 0.25) is 0 Å². The molecule has 0 saturated carbocycles. The number of halogens is 1. The van der Waals surface area contributed by atoms with E-state index in [2.05, 4.69) is 0 Å². The molecule has 0 aliphatic carbocycles. The molecule has 0 heterocycles. The van der Waals surface area contributed by atoms with Gasteiger partial charge in [0.1, 0.15) is 0 Å². The molecule has 0 unspecified atom stereocenters. The van der Waals surface area contributed by atoms with Crippen LogP contribution in [0.1, 0.15) is 0 Å². The van der Waals surface area contributed by atoms with Gasteiger partial charge in [-0.2, -0.15) is 0 Å². The van der Waals surface area contributed by atoms with E-state index in [1.54, 1.807) is 0 Å². The first-order valence-electron chi connectivity index (χ1n) is 0. The molecule has 0 rings (SSSR count). The molecule has 0 radical (unpaired) electrons. The third-order valence-electron chi connectivity index (χ3n) is 0. The summed E-state index contributed by atoms with van der Waals surface area (Å²) in [6.45, 7) is 0. The molecule has 0 fully saturated rings. The molecule has 0 aliphatic heterocycles. The summed E-state index contributed by atoms with van der Waals surface area (Å²) < 4.78 is 0. The van der Waals surface area contributed by atoms with Gasteiger partial charge in [-0.3, -0.25) is 4.70 Å². The van der Waals surface area contributed by atoms with E-state index in [0.717, 1.165) is 0 Å². The fraction of sp³-hybridized carbons (Fsp3) is 0. The standard InChI is InChI=1S/Be.FH.Li.Na.4H/h;1H;;;;;;. The van der Waals surface area contributed by atoms with Crippen LogP contribution >= 0.6 is 0 Å². The van der Waals surface area contributed by atoms with Gasteiger partial charge in [-0.05, 0) is 0 Å². The number of hydrogen-bond donors (Lipinski definition) is 0. The zero-order valence-corrected chi connectivity index (χ0v) is 0.408. The molecule has 0 aromatic rings. The SMILES string of the molecule is F.[BeH2].[LiH].[NaH]. The van der Waals surface area contributed by atoms with Crippen molar-refractivity contribution in [1.82, 2.24) is 0 Å². The van der Waals surface area contributed by atoms with Crippen molar-refractivity contribution in [1.29, 1.82) is 0 Å². The molecule has 0 spiro atoms. The minimum absolute atomic E-state index is 0. The molecule has 0 aliphatic rings. The van der Waals surface area contributed by atoms with Crippen LogP contribution in [0.15, 0.2) is 0 Å². The quantitative estimate of drug-likeness (QED) is 0.283. The Morgan fingerprint density at radius 1 is 1.00 bits per heavy atom. The van der Waals surface area contributed by atoms with E-state index in [9.17, 15) is 0 Å². The third kappa shape index (κ3) is 9.34. The monoisotopic (exact) mass is 63.1 g/mol. The summed E-state index contributed by atoms with van der Waals surface area (Å²) in [6.07, 6.45) is 0. The van der Waals surface area contributed by atoms with Crippen LogP contribution in [0.4, 0.5) is 4.70 Å². The van der Waals surface area contributed by atoms with Gasteiger partial charge in [0.2, 0.25) is 0 Å². The van der Waals surface area contributed by atoms with E-state index in [1.807, 2.05) is 0 Å². The molecule has 0 aromatic carbocycles. The van der Waals surface area contributed by atoms with Crippen molar-refractivity contribution in [2.75, 3.05) is 0 Å². The molecule has 0 atom stereocenters. The molecule has 0 nitrogen and oxygen atoms in total. The zero-order chi connectivity index (χ0) is 0. The topological polar surface area (TPSA) is 0 Å². The Kier molecular flexibility index (Phi) is 243. The van der Waals surface area contributed by atoms with Crippen LogP contribution in [0.25, 0.3) is 0 Å². The Morgan fingerprint density at radius 3 is 1.00 bits per heavy atom. The molecule has 0 N–H and O–H groups in total. The normalized spacial score (nSPS) is 0. The molecule has 4 heteroatoms. The van der Waals surface area contributed by atoms with Gasteiger partial charge in [0, 0.05) is 0 Å². The first-order chi connectivity index (χ1) is 0. The van der Waals surface area contributed by atoms with E-state index in [0.29, 0.717) is 0 Å². The van der Waals surface area contributed by atoms with E-state index < -0.39 is 0 Å². The van der Waals surface area contributed by atoms with Gasteiger partial charge in [-0.25, -0.2) is 0 Å². The fourth-order valence-electron chi connectivity index (χ4n) is 0. The molecule has 0 saturated heterocycles. The third-order valence-corrected chi connectivity index (χ3v) is 0. The van der Waals surface area contributed by atoms with Crippen LogP contribution in [0.5, 0.6) is 0 Å². The summed E-state index contributed by atoms with van der Waals surface area (Å²) in [6, 6.07) is 0. The Labute approximate surface area is 62.8 Å². The van der Waals surface area contributed by atoms with Gasteiger partial charge in [-0.1, -0.05) is 0 Å². The molecule has 0 bridgehead atoms. The van der Waals surface area contributed by atoms with Gasteiger partial charge >= 0.3 is 58.5 Å². The maximum absolute atomic E-state index is 0. The van der Waals surface area contributed by atoms with Gasteiger partial charge < -0.3 is 0 Å². The average Bonchev–Trinajstić information content (AvgIpc) is 0. The summed E-state index contributed by atoms with van der Waals surface area (Å²) >= 11 is 0.